The van der Waals surface area contributed by atoms with Crippen molar-refractivity contribution in [3.8, 4) is 10.6 Å². The summed E-state index contributed by atoms with van der Waals surface area (Å²) in [7, 11) is 0. The molecule has 2 aromatic rings. The molecule has 0 saturated carbocycles. The molecule has 0 unspecified atom stereocenters. The summed E-state index contributed by atoms with van der Waals surface area (Å²) < 4.78 is 4.92. The number of carbonyl (C=O) groups excluding carboxylic acids is 1. The van der Waals surface area contributed by atoms with Gasteiger partial charge in [0.1, 0.15) is 5.01 Å². The summed E-state index contributed by atoms with van der Waals surface area (Å²) in [6, 6.07) is 1.99. The maximum Gasteiger partial charge on any atom is 0.306 e. The summed E-state index contributed by atoms with van der Waals surface area (Å²) in [6.07, 6.45) is 5.61. The van der Waals surface area contributed by atoms with Gasteiger partial charge in [-0.25, -0.2) is 4.98 Å². The second-order valence-electron chi connectivity index (χ2n) is 4.34. The summed E-state index contributed by atoms with van der Waals surface area (Å²) in [6.45, 7) is 4.35. The molecule has 0 amide bonds. The average molecular weight is 290 g/mol. The minimum Gasteiger partial charge on any atom is -0.466 e. The second-order valence-corrected chi connectivity index (χ2v) is 5.19. The fraction of sp³-hybridized carbons (Fsp3) is 0.400. The zero-order valence-corrected chi connectivity index (χ0v) is 12.6. The predicted molar refractivity (Wildman–Crippen MR) is 79.7 cm³/mol. The van der Waals surface area contributed by atoms with E-state index in [4.69, 9.17) is 4.74 Å². The van der Waals surface area contributed by atoms with E-state index >= 15 is 0 Å². The summed E-state index contributed by atoms with van der Waals surface area (Å²) in [4.78, 5) is 20.1. The third-order valence-corrected chi connectivity index (χ3v) is 3.88. The number of aromatic nitrogens is 2. The van der Waals surface area contributed by atoms with Gasteiger partial charge >= 0.3 is 5.97 Å². The Morgan fingerprint density at radius 1 is 1.40 bits per heavy atom. The first-order valence-corrected chi connectivity index (χ1v) is 7.65. The van der Waals surface area contributed by atoms with Gasteiger partial charge in [0, 0.05) is 29.8 Å². The maximum atomic E-state index is 11.3. The van der Waals surface area contributed by atoms with E-state index in [1.54, 1.807) is 17.5 Å². The lowest BCUT2D eigenvalue weighted by Gasteiger charge is -2.03. The maximum absolute atomic E-state index is 11.3. The number of ether oxygens (including phenoxy) is 1. The summed E-state index contributed by atoms with van der Waals surface area (Å²) in [5, 5.41) is 3.00. The molecule has 0 aliphatic carbocycles. The number of pyridine rings is 1. The molecule has 0 saturated heterocycles. The van der Waals surface area contributed by atoms with Crippen LogP contribution in [0.15, 0.2) is 23.8 Å². The van der Waals surface area contributed by atoms with Crippen LogP contribution in [0, 0.1) is 0 Å². The minimum atomic E-state index is -0.166. The van der Waals surface area contributed by atoms with Crippen LogP contribution >= 0.6 is 11.3 Å². The van der Waals surface area contributed by atoms with Gasteiger partial charge in [0.25, 0.3) is 0 Å². The number of hydrogen-bond donors (Lipinski definition) is 0. The molecular formula is C15H18N2O2S. The van der Waals surface area contributed by atoms with Crippen molar-refractivity contribution in [1.82, 2.24) is 9.97 Å². The lowest BCUT2D eigenvalue weighted by Crippen LogP contribution is -2.05. The van der Waals surface area contributed by atoms with Crippen molar-refractivity contribution in [2.45, 2.75) is 33.1 Å². The summed E-state index contributed by atoms with van der Waals surface area (Å²) in [5.41, 5.74) is 3.27. The molecule has 2 rings (SSSR count). The molecule has 0 atom stereocenters. The Kier molecular flexibility index (Phi) is 5.24. The third kappa shape index (κ3) is 3.63. The Morgan fingerprint density at radius 2 is 2.25 bits per heavy atom. The lowest BCUT2D eigenvalue weighted by atomic mass is 10.1. The van der Waals surface area contributed by atoms with Crippen LogP contribution < -0.4 is 0 Å². The first-order chi connectivity index (χ1) is 9.74. The minimum absolute atomic E-state index is 0.166. The third-order valence-electron chi connectivity index (χ3n) is 2.96. The highest BCUT2D eigenvalue weighted by molar-refractivity contribution is 7.13. The molecule has 0 radical (unpaired) electrons. The SMILES string of the molecule is CCOC(=O)CCc1csc(-c2ccncc2CC)n1. The van der Waals surface area contributed by atoms with E-state index in [1.807, 2.05) is 24.6 Å². The number of carbonyl (C=O) groups is 1. The van der Waals surface area contributed by atoms with Gasteiger partial charge in [-0.3, -0.25) is 9.78 Å². The van der Waals surface area contributed by atoms with Gasteiger partial charge in [0.2, 0.25) is 0 Å². The molecule has 0 aliphatic rings. The molecule has 0 aromatic carbocycles. The molecule has 5 heteroatoms. The Balaban J connectivity index is 2.07. The van der Waals surface area contributed by atoms with E-state index < -0.39 is 0 Å². The molecule has 2 heterocycles. The summed E-state index contributed by atoms with van der Waals surface area (Å²) in [5.74, 6) is -0.166. The smallest absolute Gasteiger partial charge is 0.306 e. The zero-order valence-electron chi connectivity index (χ0n) is 11.8. The van der Waals surface area contributed by atoms with Gasteiger partial charge in [-0.2, -0.15) is 0 Å². The Hall–Kier alpha value is -1.75. The molecule has 0 aliphatic heterocycles. The first kappa shape index (κ1) is 14.7. The molecular weight excluding hydrogens is 272 g/mol. The van der Waals surface area contributed by atoms with Gasteiger partial charge in [-0.05, 0) is 25.0 Å². The monoisotopic (exact) mass is 290 g/mol. The van der Waals surface area contributed by atoms with Crippen LogP contribution in [-0.2, 0) is 22.4 Å². The molecule has 2 aromatic heterocycles. The van der Waals surface area contributed by atoms with Crippen LogP contribution in [0.5, 0.6) is 0 Å². The van der Waals surface area contributed by atoms with Crippen LogP contribution in [0.4, 0.5) is 0 Å². The zero-order chi connectivity index (χ0) is 14.4. The van der Waals surface area contributed by atoms with Crippen molar-refractivity contribution in [3.05, 3.63) is 35.1 Å². The quantitative estimate of drug-likeness (QED) is 0.766. The van der Waals surface area contributed by atoms with Gasteiger partial charge in [-0.15, -0.1) is 11.3 Å². The molecule has 106 valence electrons. The van der Waals surface area contributed by atoms with Crippen LogP contribution in [-0.4, -0.2) is 22.5 Å². The number of nitrogens with zero attached hydrogens (tertiary/aromatic N) is 2. The molecule has 20 heavy (non-hydrogen) atoms. The number of esters is 1. The molecule has 0 fully saturated rings. The lowest BCUT2D eigenvalue weighted by molar-refractivity contribution is -0.143. The van der Waals surface area contributed by atoms with Crippen LogP contribution in [0.2, 0.25) is 0 Å². The van der Waals surface area contributed by atoms with Crippen LogP contribution in [0.3, 0.4) is 0 Å². The van der Waals surface area contributed by atoms with Crippen LogP contribution in [0.1, 0.15) is 31.5 Å². The van der Waals surface area contributed by atoms with E-state index in [2.05, 4.69) is 16.9 Å². The normalized spacial score (nSPS) is 10.5. The van der Waals surface area contributed by atoms with Crippen molar-refractivity contribution in [3.63, 3.8) is 0 Å². The number of aryl methyl sites for hydroxylation is 2. The topological polar surface area (TPSA) is 52.1 Å². The highest BCUT2D eigenvalue weighted by atomic mass is 32.1. The number of hydrogen-bond acceptors (Lipinski definition) is 5. The standard InChI is InChI=1S/C15H18N2O2S/c1-3-11-9-16-8-7-13(11)15-17-12(10-20-15)5-6-14(18)19-4-2/h7-10H,3-6H2,1-2H3. The molecule has 4 nitrogen and oxygen atoms in total. The largest absolute Gasteiger partial charge is 0.466 e. The van der Waals surface area contributed by atoms with E-state index in [0.29, 0.717) is 19.4 Å². The van der Waals surface area contributed by atoms with Crippen molar-refractivity contribution in [1.29, 1.82) is 0 Å². The predicted octanol–water partition coefficient (Wildman–Crippen LogP) is 3.26. The van der Waals surface area contributed by atoms with Crippen LogP contribution in [0.25, 0.3) is 10.6 Å². The van der Waals surface area contributed by atoms with E-state index in [0.717, 1.165) is 22.7 Å². The first-order valence-electron chi connectivity index (χ1n) is 6.77. The van der Waals surface area contributed by atoms with Crippen molar-refractivity contribution in [2.24, 2.45) is 0 Å². The average Bonchev–Trinajstić information content (AvgIpc) is 2.94. The highest BCUT2D eigenvalue weighted by Crippen LogP contribution is 2.27. The van der Waals surface area contributed by atoms with Gasteiger partial charge < -0.3 is 4.74 Å². The van der Waals surface area contributed by atoms with E-state index in [9.17, 15) is 4.79 Å². The Labute approximate surface area is 122 Å². The van der Waals surface area contributed by atoms with E-state index in [-0.39, 0.29) is 5.97 Å². The van der Waals surface area contributed by atoms with Gasteiger partial charge in [-0.1, -0.05) is 6.92 Å². The molecule has 0 spiro atoms. The molecule has 0 N–H and O–H groups in total. The number of rotatable bonds is 6. The molecule has 0 bridgehead atoms. The van der Waals surface area contributed by atoms with Crippen molar-refractivity contribution in [2.75, 3.05) is 6.61 Å². The fourth-order valence-corrected chi connectivity index (χ4v) is 2.84. The Bertz CT molecular complexity index is 581. The highest BCUT2D eigenvalue weighted by Gasteiger charge is 2.10. The summed E-state index contributed by atoms with van der Waals surface area (Å²) >= 11 is 1.61. The number of thiazole rings is 1. The van der Waals surface area contributed by atoms with Gasteiger partial charge in [0.15, 0.2) is 0 Å². The fourth-order valence-electron chi connectivity index (χ4n) is 1.93. The van der Waals surface area contributed by atoms with E-state index in [1.165, 1.54) is 5.56 Å². The van der Waals surface area contributed by atoms with Gasteiger partial charge in [0.05, 0.1) is 18.7 Å². The van der Waals surface area contributed by atoms with Crippen molar-refractivity contribution < 1.29 is 9.53 Å². The Morgan fingerprint density at radius 3 is 3.00 bits per heavy atom. The second kappa shape index (κ2) is 7.14. The van der Waals surface area contributed by atoms with Crippen molar-refractivity contribution >= 4 is 17.3 Å².